The van der Waals surface area contributed by atoms with Crippen LogP contribution in [0.4, 0.5) is 5.82 Å². The molecule has 0 fully saturated rings. The van der Waals surface area contributed by atoms with Gasteiger partial charge in [0.2, 0.25) is 0 Å². The summed E-state index contributed by atoms with van der Waals surface area (Å²) in [6.07, 6.45) is 0. The monoisotopic (exact) mass is 317 g/mol. The van der Waals surface area contributed by atoms with Gasteiger partial charge in [0, 0.05) is 5.56 Å². The predicted octanol–water partition coefficient (Wildman–Crippen LogP) is 0.839. The SMILES string of the molecule is CCOC(=O)C1=C(c2ccccc2)N(c2nonc2OC)NN1. The van der Waals surface area contributed by atoms with Crippen LogP contribution in [0, 0.1) is 0 Å². The van der Waals surface area contributed by atoms with E-state index in [1.807, 2.05) is 30.3 Å². The summed E-state index contributed by atoms with van der Waals surface area (Å²) < 4.78 is 14.9. The lowest BCUT2D eigenvalue weighted by molar-refractivity contribution is -0.138. The van der Waals surface area contributed by atoms with Gasteiger partial charge in [-0.1, -0.05) is 30.3 Å². The summed E-state index contributed by atoms with van der Waals surface area (Å²) in [4.78, 5) is 12.2. The number of rotatable bonds is 5. The molecule has 9 heteroatoms. The van der Waals surface area contributed by atoms with Crippen LogP contribution in [0.1, 0.15) is 12.5 Å². The Morgan fingerprint density at radius 2 is 2.09 bits per heavy atom. The molecule has 1 aliphatic heterocycles. The molecule has 23 heavy (non-hydrogen) atoms. The molecule has 0 unspecified atom stereocenters. The number of nitrogens with one attached hydrogen (secondary N) is 2. The minimum atomic E-state index is -0.489. The zero-order valence-electron chi connectivity index (χ0n) is 12.6. The molecular formula is C14H15N5O4. The van der Waals surface area contributed by atoms with E-state index in [-0.39, 0.29) is 24.0 Å². The van der Waals surface area contributed by atoms with E-state index in [1.165, 1.54) is 12.1 Å². The van der Waals surface area contributed by atoms with Crippen molar-refractivity contribution >= 4 is 17.5 Å². The molecule has 1 aromatic heterocycles. The van der Waals surface area contributed by atoms with Crippen molar-refractivity contribution in [2.75, 3.05) is 18.7 Å². The van der Waals surface area contributed by atoms with Crippen molar-refractivity contribution in [3.05, 3.63) is 41.6 Å². The van der Waals surface area contributed by atoms with Crippen LogP contribution in [0.3, 0.4) is 0 Å². The van der Waals surface area contributed by atoms with Gasteiger partial charge in [-0.3, -0.25) is 5.43 Å². The van der Waals surface area contributed by atoms with E-state index in [0.29, 0.717) is 5.70 Å². The Balaban J connectivity index is 2.09. The van der Waals surface area contributed by atoms with Gasteiger partial charge in [-0.2, -0.15) is 0 Å². The quantitative estimate of drug-likeness (QED) is 0.776. The molecular weight excluding hydrogens is 302 g/mol. The number of nitrogens with zero attached hydrogens (tertiary/aromatic N) is 3. The molecule has 2 heterocycles. The number of carbonyl (C=O) groups excluding carboxylic acids is 1. The fourth-order valence-electron chi connectivity index (χ4n) is 2.16. The predicted molar refractivity (Wildman–Crippen MR) is 79.6 cm³/mol. The van der Waals surface area contributed by atoms with E-state index in [2.05, 4.69) is 21.3 Å². The van der Waals surface area contributed by atoms with Crippen molar-refractivity contribution in [1.82, 2.24) is 21.3 Å². The largest absolute Gasteiger partial charge is 0.476 e. The first kappa shape index (κ1) is 14.9. The lowest BCUT2D eigenvalue weighted by Gasteiger charge is -2.17. The normalized spacial score (nSPS) is 13.9. The molecule has 2 N–H and O–H groups in total. The molecule has 0 atom stereocenters. The Hall–Kier alpha value is -3.07. The number of hydrogen-bond donors (Lipinski definition) is 2. The summed E-state index contributed by atoms with van der Waals surface area (Å²) in [6.45, 7) is 2.01. The van der Waals surface area contributed by atoms with Gasteiger partial charge in [-0.25, -0.2) is 14.4 Å². The summed E-state index contributed by atoms with van der Waals surface area (Å²) in [6, 6.07) is 9.32. The third kappa shape index (κ3) is 2.69. The van der Waals surface area contributed by atoms with Crippen LogP contribution >= 0.6 is 0 Å². The highest BCUT2D eigenvalue weighted by Gasteiger charge is 2.34. The maximum absolute atomic E-state index is 12.2. The van der Waals surface area contributed by atoms with E-state index < -0.39 is 5.97 Å². The number of carbonyl (C=O) groups is 1. The summed E-state index contributed by atoms with van der Waals surface area (Å²) in [7, 11) is 1.45. The maximum Gasteiger partial charge on any atom is 0.358 e. The molecule has 0 spiro atoms. The van der Waals surface area contributed by atoms with Crippen LogP contribution in [0.2, 0.25) is 0 Å². The van der Waals surface area contributed by atoms with Crippen molar-refractivity contribution in [3.8, 4) is 5.88 Å². The fraction of sp³-hybridized carbons (Fsp3) is 0.214. The van der Waals surface area contributed by atoms with Gasteiger partial charge in [0.05, 0.1) is 13.7 Å². The first-order chi connectivity index (χ1) is 11.3. The molecule has 1 aliphatic rings. The molecule has 0 saturated heterocycles. The van der Waals surface area contributed by atoms with Gasteiger partial charge in [-0.05, 0) is 17.2 Å². The van der Waals surface area contributed by atoms with Crippen molar-refractivity contribution in [2.24, 2.45) is 0 Å². The molecule has 0 radical (unpaired) electrons. The van der Waals surface area contributed by atoms with E-state index in [0.717, 1.165) is 5.56 Å². The van der Waals surface area contributed by atoms with Gasteiger partial charge < -0.3 is 9.47 Å². The maximum atomic E-state index is 12.2. The van der Waals surface area contributed by atoms with E-state index in [1.54, 1.807) is 6.92 Å². The van der Waals surface area contributed by atoms with Crippen LogP contribution in [0.25, 0.3) is 5.70 Å². The van der Waals surface area contributed by atoms with Crippen LogP contribution in [0.5, 0.6) is 5.88 Å². The van der Waals surface area contributed by atoms with Crippen molar-refractivity contribution in [1.29, 1.82) is 0 Å². The number of anilines is 1. The summed E-state index contributed by atoms with van der Waals surface area (Å²) in [5.41, 5.74) is 7.19. The van der Waals surface area contributed by atoms with Crippen LogP contribution < -0.4 is 20.7 Å². The number of benzene rings is 1. The average molecular weight is 317 g/mol. The second-order valence-electron chi connectivity index (χ2n) is 4.48. The lowest BCUT2D eigenvalue weighted by Crippen LogP contribution is -2.38. The second-order valence-corrected chi connectivity index (χ2v) is 4.48. The van der Waals surface area contributed by atoms with Crippen LogP contribution in [-0.2, 0) is 9.53 Å². The van der Waals surface area contributed by atoms with Crippen LogP contribution in [-0.4, -0.2) is 30.0 Å². The minimum absolute atomic E-state index is 0.179. The first-order valence-corrected chi connectivity index (χ1v) is 6.91. The number of esters is 1. The highest BCUT2D eigenvalue weighted by molar-refractivity contribution is 6.01. The molecule has 120 valence electrons. The number of methoxy groups -OCH3 is 1. The summed E-state index contributed by atoms with van der Waals surface area (Å²) in [5, 5.41) is 8.98. The highest BCUT2D eigenvalue weighted by atomic mass is 16.6. The third-order valence-electron chi connectivity index (χ3n) is 3.13. The zero-order valence-corrected chi connectivity index (χ0v) is 12.6. The highest BCUT2D eigenvalue weighted by Crippen LogP contribution is 2.33. The molecule has 3 rings (SSSR count). The Morgan fingerprint density at radius 1 is 1.30 bits per heavy atom. The second kappa shape index (κ2) is 6.36. The van der Waals surface area contributed by atoms with E-state index >= 15 is 0 Å². The summed E-state index contributed by atoms with van der Waals surface area (Å²) in [5.74, 6) is -0.0345. The third-order valence-corrected chi connectivity index (χ3v) is 3.13. The lowest BCUT2D eigenvalue weighted by atomic mass is 10.1. The van der Waals surface area contributed by atoms with Gasteiger partial charge in [-0.15, -0.1) is 5.53 Å². The zero-order chi connectivity index (χ0) is 16.2. The topological polar surface area (TPSA) is 102 Å². The van der Waals surface area contributed by atoms with Crippen molar-refractivity contribution in [3.63, 3.8) is 0 Å². The smallest absolute Gasteiger partial charge is 0.358 e. The number of aromatic nitrogens is 2. The molecule has 0 aliphatic carbocycles. The molecule has 2 aromatic rings. The Kier molecular flexibility index (Phi) is 4.11. The number of ether oxygens (including phenoxy) is 2. The van der Waals surface area contributed by atoms with Crippen molar-refractivity contribution in [2.45, 2.75) is 6.92 Å². The number of hydrazine groups is 2. The fourth-order valence-corrected chi connectivity index (χ4v) is 2.16. The molecule has 1 aromatic carbocycles. The van der Waals surface area contributed by atoms with E-state index in [9.17, 15) is 4.79 Å². The molecule has 9 nitrogen and oxygen atoms in total. The van der Waals surface area contributed by atoms with E-state index in [4.69, 9.17) is 14.1 Å². The standard InChI is InChI=1S/C14H15N5O4/c1-3-22-14(20)10-11(9-7-5-4-6-8-9)19(18-15-10)12-13(21-2)17-23-16-12/h4-8,15,18H,3H2,1-2H3. The average Bonchev–Trinajstić information content (AvgIpc) is 3.21. The Morgan fingerprint density at radius 3 is 2.78 bits per heavy atom. The molecule has 0 saturated carbocycles. The first-order valence-electron chi connectivity index (χ1n) is 6.91. The van der Waals surface area contributed by atoms with Crippen LogP contribution in [0.15, 0.2) is 40.7 Å². The Labute approximate surface area is 131 Å². The van der Waals surface area contributed by atoms with Gasteiger partial charge in [0.15, 0.2) is 5.70 Å². The molecule has 0 amide bonds. The van der Waals surface area contributed by atoms with Gasteiger partial charge in [0.25, 0.3) is 5.82 Å². The van der Waals surface area contributed by atoms with Crippen molar-refractivity contribution < 1.29 is 18.9 Å². The molecule has 0 bridgehead atoms. The van der Waals surface area contributed by atoms with Gasteiger partial charge >= 0.3 is 11.8 Å². The number of hydrogen-bond acceptors (Lipinski definition) is 9. The summed E-state index contributed by atoms with van der Waals surface area (Å²) >= 11 is 0. The minimum Gasteiger partial charge on any atom is -0.476 e. The van der Waals surface area contributed by atoms with Gasteiger partial charge in [0.1, 0.15) is 5.70 Å². The Bertz CT molecular complexity index is 728.